The maximum Gasteiger partial charge on any atom is 0.239 e. The van der Waals surface area contributed by atoms with E-state index in [9.17, 15) is 66.1 Å². The number of fused-ring (bicyclic) bond motifs is 1. The molecular weight excluding hydrogens is 716 g/mol. The first-order chi connectivity index (χ1) is 25.0. The highest BCUT2D eigenvalue weighted by Gasteiger charge is 2.48. The largest absolute Gasteiger partial charge is 0.507 e. The minimum Gasteiger partial charge on any atom is -0.507 e. The van der Waals surface area contributed by atoms with Gasteiger partial charge in [-0.3, -0.25) is 4.79 Å². The molecule has 0 bridgehead atoms. The SMILES string of the molecule is C[C@@H]1O[C@@H](OC[C@H]2O[C@@H](Oc3c(-c4ccc(O)c(O)c4)oc4cc(O[C@H]5O[C@H](C)[C@@H](O)[C@H](O)[C@@H]5O)cc(O)c4c3=O)[C@H](O)[C@@H](O)[C@H]2O)[C@H](O)[C@H](O)[C@H]1O. The van der Waals surface area contributed by atoms with Crippen LogP contribution in [-0.4, -0.2) is 160 Å². The molecule has 292 valence electrons. The Kier molecular flexibility index (Phi) is 11.1. The predicted molar refractivity (Wildman–Crippen MR) is 172 cm³/mol. The summed E-state index contributed by atoms with van der Waals surface area (Å²) >= 11 is 0. The second-order valence-corrected chi connectivity index (χ2v) is 13.1. The Balaban J connectivity index is 1.34. The molecule has 3 fully saturated rings. The van der Waals surface area contributed by atoms with E-state index in [0.717, 1.165) is 24.3 Å². The number of aromatic hydroxyl groups is 3. The van der Waals surface area contributed by atoms with Gasteiger partial charge in [-0.2, -0.15) is 0 Å². The lowest BCUT2D eigenvalue weighted by Crippen LogP contribution is -2.61. The van der Waals surface area contributed by atoms with Crippen LogP contribution >= 0.6 is 0 Å². The first kappa shape index (κ1) is 38.8. The molecule has 1 aromatic heterocycles. The summed E-state index contributed by atoms with van der Waals surface area (Å²) < 4.78 is 39.3. The van der Waals surface area contributed by atoms with Crippen LogP contribution in [-0.2, 0) is 18.9 Å². The first-order valence-corrected chi connectivity index (χ1v) is 16.4. The van der Waals surface area contributed by atoms with Gasteiger partial charge < -0.3 is 94.1 Å². The second kappa shape index (κ2) is 15.1. The van der Waals surface area contributed by atoms with E-state index in [-0.39, 0.29) is 16.9 Å². The molecule has 15 atom stereocenters. The fourth-order valence-corrected chi connectivity index (χ4v) is 6.14. The van der Waals surface area contributed by atoms with E-state index in [4.69, 9.17) is 32.8 Å². The van der Waals surface area contributed by atoms with E-state index in [2.05, 4.69) is 0 Å². The zero-order valence-corrected chi connectivity index (χ0v) is 27.9. The summed E-state index contributed by atoms with van der Waals surface area (Å²) in [4.78, 5) is 14.0. The molecule has 0 saturated carbocycles. The van der Waals surface area contributed by atoms with Crippen LogP contribution in [0.25, 0.3) is 22.3 Å². The number of aliphatic hydroxyl groups excluding tert-OH is 9. The third-order valence-corrected chi connectivity index (χ3v) is 9.34. The van der Waals surface area contributed by atoms with Crippen molar-refractivity contribution in [3.05, 3.63) is 40.6 Å². The molecule has 53 heavy (non-hydrogen) atoms. The van der Waals surface area contributed by atoms with Crippen LogP contribution in [0.1, 0.15) is 13.8 Å². The van der Waals surface area contributed by atoms with Crippen LogP contribution in [0, 0.1) is 0 Å². The molecule has 0 radical (unpaired) electrons. The zero-order chi connectivity index (χ0) is 38.6. The Morgan fingerprint density at radius 3 is 1.79 bits per heavy atom. The van der Waals surface area contributed by atoms with Crippen LogP contribution in [0.15, 0.2) is 39.5 Å². The molecule has 0 unspecified atom stereocenters. The van der Waals surface area contributed by atoms with Gasteiger partial charge >= 0.3 is 0 Å². The monoisotopic (exact) mass is 756 g/mol. The van der Waals surface area contributed by atoms with E-state index in [1.54, 1.807) is 0 Å². The van der Waals surface area contributed by atoms with Crippen molar-refractivity contribution >= 4 is 11.0 Å². The van der Waals surface area contributed by atoms with Gasteiger partial charge in [0.2, 0.25) is 23.8 Å². The molecule has 0 spiro atoms. The number of benzene rings is 2. The smallest absolute Gasteiger partial charge is 0.239 e. The van der Waals surface area contributed by atoms with Gasteiger partial charge in [0.1, 0.15) is 83.5 Å². The summed E-state index contributed by atoms with van der Waals surface area (Å²) in [6.07, 6.45) is -24.0. The predicted octanol–water partition coefficient (Wildman–Crippen LogP) is -3.19. The second-order valence-electron chi connectivity index (χ2n) is 13.1. The summed E-state index contributed by atoms with van der Waals surface area (Å²) in [7, 11) is 0. The molecule has 3 aliphatic rings. The molecule has 0 amide bonds. The molecule has 3 aliphatic heterocycles. The standard InChI is InChI=1S/C33H40O20/c1-9-19(37)23(41)26(44)31(48-9)47-8-17-21(39)25(43)28(46)33(52-17)53-30-22(40)18-15(36)6-12(50-32-27(45)24(42)20(38)10(2)49-32)7-16(18)51-29(30)11-3-4-13(34)14(35)5-11/h3-7,9-10,17,19-21,23-28,31-39,41-46H,8H2,1-2H3/t9-,10+,17+,19-,20+,21-,23+,24-,25-,26+,27-,28+,31+,32+,33-/m0/s1. The Labute approximate surface area is 298 Å². The van der Waals surface area contributed by atoms with Crippen LogP contribution in [0.3, 0.4) is 0 Å². The Morgan fingerprint density at radius 1 is 0.604 bits per heavy atom. The normalized spacial score (nSPS) is 37.8. The van der Waals surface area contributed by atoms with Crippen molar-refractivity contribution in [3.63, 3.8) is 0 Å². The van der Waals surface area contributed by atoms with Gasteiger partial charge in [-0.25, -0.2) is 0 Å². The van der Waals surface area contributed by atoms with E-state index in [1.165, 1.54) is 19.9 Å². The molecule has 2 aromatic carbocycles. The fourth-order valence-electron chi connectivity index (χ4n) is 6.14. The molecule has 4 heterocycles. The highest BCUT2D eigenvalue weighted by atomic mass is 16.7. The van der Waals surface area contributed by atoms with E-state index in [1.807, 2.05) is 0 Å². The molecule has 0 aliphatic carbocycles. The van der Waals surface area contributed by atoms with E-state index >= 15 is 0 Å². The Bertz CT molecular complexity index is 1830. The van der Waals surface area contributed by atoms with Gasteiger partial charge in [0, 0.05) is 17.7 Å². The lowest BCUT2D eigenvalue weighted by molar-refractivity contribution is -0.318. The highest BCUT2D eigenvalue weighted by Crippen LogP contribution is 2.40. The topological polar surface area (TPSA) is 328 Å². The van der Waals surface area contributed by atoms with Crippen molar-refractivity contribution in [2.45, 2.75) is 106 Å². The van der Waals surface area contributed by atoms with Gasteiger partial charge in [0.15, 0.2) is 23.5 Å². The van der Waals surface area contributed by atoms with Crippen LogP contribution in [0.4, 0.5) is 0 Å². The first-order valence-electron chi connectivity index (χ1n) is 16.4. The van der Waals surface area contributed by atoms with Crippen LogP contribution in [0.2, 0.25) is 0 Å². The third-order valence-electron chi connectivity index (χ3n) is 9.34. The fraction of sp³-hybridized carbons (Fsp3) is 0.545. The minimum atomic E-state index is -2.03. The summed E-state index contributed by atoms with van der Waals surface area (Å²) in [5.74, 6) is -3.42. The lowest BCUT2D eigenvalue weighted by Gasteiger charge is -2.42. The van der Waals surface area contributed by atoms with E-state index in [0.29, 0.717) is 0 Å². The molecule has 12 N–H and O–H groups in total. The van der Waals surface area contributed by atoms with Gasteiger partial charge in [0.05, 0.1) is 18.8 Å². The van der Waals surface area contributed by atoms with Crippen molar-refractivity contribution < 1.29 is 94.1 Å². The number of hydrogen-bond acceptors (Lipinski definition) is 20. The average Bonchev–Trinajstić information content (AvgIpc) is 3.12. The highest BCUT2D eigenvalue weighted by molar-refractivity contribution is 5.88. The molecule has 3 aromatic rings. The number of ether oxygens (including phenoxy) is 6. The number of phenols is 3. The molecule has 20 heteroatoms. The van der Waals surface area contributed by atoms with Crippen molar-refractivity contribution in [1.29, 1.82) is 0 Å². The number of hydrogen-bond donors (Lipinski definition) is 12. The number of aliphatic hydroxyl groups is 9. The quantitative estimate of drug-likeness (QED) is 0.101. The van der Waals surface area contributed by atoms with Gasteiger partial charge in [-0.1, -0.05) is 0 Å². The summed E-state index contributed by atoms with van der Waals surface area (Å²) in [6, 6.07) is 5.31. The van der Waals surface area contributed by atoms with Gasteiger partial charge in [-0.05, 0) is 32.0 Å². The number of phenolic OH excluding ortho intramolecular Hbond substituents is 3. The van der Waals surface area contributed by atoms with Gasteiger partial charge in [-0.15, -0.1) is 0 Å². The Morgan fingerprint density at radius 2 is 1.17 bits per heavy atom. The summed E-state index contributed by atoms with van der Waals surface area (Å²) in [5.41, 5.74) is -1.55. The zero-order valence-electron chi connectivity index (χ0n) is 27.9. The van der Waals surface area contributed by atoms with Crippen LogP contribution in [0.5, 0.6) is 28.7 Å². The molecule has 3 saturated heterocycles. The summed E-state index contributed by atoms with van der Waals surface area (Å²) in [6.45, 7) is 2.18. The molecule has 20 nitrogen and oxygen atoms in total. The van der Waals surface area contributed by atoms with Crippen LogP contribution < -0.4 is 14.9 Å². The molecular formula is C33H40O20. The lowest BCUT2D eigenvalue weighted by atomic mass is 9.98. The maximum absolute atomic E-state index is 14.0. The summed E-state index contributed by atoms with van der Waals surface area (Å²) in [5, 5.41) is 124. The third kappa shape index (κ3) is 7.34. The van der Waals surface area contributed by atoms with Crippen molar-refractivity contribution in [1.82, 2.24) is 0 Å². The number of rotatable bonds is 8. The molecule has 6 rings (SSSR count). The van der Waals surface area contributed by atoms with Crippen molar-refractivity contribution in [2.75, 3.05) is 6.61 Å². The van der Waals surface area contributed by atoms with Crippen molar-refractivity contribution in [2.24, 2.45) is 0 Å². The average molecular weight is 757 g/mol. The van der Waals surface area contributed by atoms with Gasteiger partial charge in [0.25, 0.3) is 0 Å². The van der Waals surface area contributed by atoms with E-state index < -0.39 is 138 Å². The minimum absolute atomic E-state index is 0.0962. The Hall–Kier alpha value is -3.87. The van der Waals surface area contributed by atoms with Crippen molar-refractivity contribution in [3.8, 4) is 40.1 Å². The maximum atomic E-state index is 14.0.